The Morgan fingerprint density at radius 3 is 2.57 bits per heavy atom. The maximum Gasteiger partial charge on any atom is 0.306 e. The molecule has 4 fully saturated rings. The topological polar surface area (TPSA) is 161 Å². The highest BCUT2D eigenvalue weighted by Crippen LogP contribution is 2.46. The molecule has 7 rings (SSSR count). The minimum atomic E-state index is -3.88. The largest absolute Gasteiger partial charge is 0.472 e. The third kappa shape index (κ3) is 7.72. The number of carbonyl (C=O) groups excluding carboxylic acids is 4. The number of amides is 3. The van der Waals surface area contributed by atoms with E-state index in [2.05, 4.69) is 33.8 Å². The van der Waals surface area contributed by atoms with E-state index in [1.807, 2.05) is 45.0 Å². The second-order valence-electron chi connectivity index (χ2n) is 16.6. The number of nitrogens with zero attached hydrogens (tertiary/aromatic N) is 2. The molecule has 0 radical (unpaired) electrons. The number of nitrogens with one attached hydrogen (secondary N) is 2. The molecular weight excluding hydrogens is 697 g/mol. The molecule has 3 saturated carbocycles. The molecule has 2 aromatic rings. The van der Waals surface area contributed by atoms with Gasteiger partial charge in [0.15, 0.2) is 0 Å². The van der Waals surface area contributed by atoms with Gasteiger partial charge in [-0.15, -0.1) is 6.58 Å². The molecule has 1 aromatic heterocycles. The van der Waals surface area contributed by atoms with Gasteiger partial charge in [0.1, 0.15) is 23.8 Å². The highest BCUT2D eigenvalue weighted by Gasteiger charge is 2.62. The number of esters is 1. The van der Waals surface area contributed by atoms with E-state index in [0.29, 0.717) is 18.7 Å². The van der Waals surface area contributed by atoms with E-state index in [-0.39, 0.29) is 37.8 Å². The Bertz CT molecular complexity index is 1950. The van der Waals surface area contributed by atoms with Crippen molar-refractivity contribution in [1.29, 1.82) is 0 Å². The summed E-state index contributed by atoms with van der Waals surface area (Å²) in [6.45, 7) is 9.49. The average Bonchev–Trinajstić information content (AvgIpc) is 4.04. The van der Waals surface area contributed by atoms with Crippen LogP contribution in [-0.4, -0.2) is 77.6 Å². The van der Waals surface area contributed by atoms with E-state index in [1.54, 1.807) is 6.20 Å². The van der Waals surface area contributed by atoms with Crippen molar-refractivity contribution >= 4 is 50.6 Å². The number of benzene rings is 1. The zero-order chi connectivity index (χ0) is 37.7. The third-order valence-corrected chi connectivity index (χ3v) is 13.5. The Labute approximate surface area is 311 Å². The number of sulfonamides is 1. The molecule has 5 aliphatic rings. The first kappa shape index (κ1) is 37.1. The number of fused-ring (bicyclic) bond motifs is 4. The molecule has 2 aliphatic heterocycles. The number of aromatic nitrogens is 1. The van der Waals surface area contributed by atoms with Crippen molar-refractivity contribution in [2.75, 3.05) is 6.54 Å². The second kappa shape index (κ2) is 14.2. The van der Waals surface area contributed by atoms with Gasteiger partial charge < -0.3 is 19.7 Å². The quantitative estimate of drug-likeness (QED) is 0.312. The second-order valence-corrected chi connectivity index (χ2v) is 18.6. The summed E-state index contributed by atoms with van der Waals surface area (Å²) < 4.78 is 40.3. The Morgan fingerprint density at radius 2 is 1.85 bits per heavy atom. The predicted molar refractivity (Wildman–Crippen MR) is 199 cm³/mol. The first-order chi connectivity index (χ1) is 25.2. The van der Waals surface area contributed by atoms with Gasteiger partial charge >= 0.3 is 5.97 Å². The lowest BCUT2D eigenvalue weighted by atomic mass is 9.77. The SMILES string of the molecule is C=C[C@@H]1C[C@]1(NC(=O)[C@@H]1C[C@@H]2CN1C(=O)[C@H](C(C)(C)C)CC(=O)O[C@H]1CCCC[C@@H]1C/C=C/c1ccc3ccnc(c3c1)O2)C(=O)NS(=O)(=O)C1CC1. The van der Waals surface area contributed by atoms with Crippen LogP contribution < -0.4 is 14.8 Å². The van der Waals surface area contributed by atoms with E-state index >= 15 is 0 Å². The number of carbonyl (C=O) groups is 4. The van der Waals surface area contributed by atoms with Crippen LogP contribution in [0.5, 0.6) is 5.88 Å². The molecule has 0 unspecified atom stereocenters. The number of rotatable bonds is 6. The normalized spacial score (nSPS) is 31.3. The number of ether oxygens (including phenoxy) is 2. The Morgan fingerprint density at radius 1 is 1.08 bits per heavy atom. The van der Waals surface area contributed by atoms with Gasteiger partial charge in [0, 0.05) is 23.9 Å². The van der Waals surface area contributed by atoms with Gasteiger partial charge in [-0.05, 0) is 79.4 Å². The van der Waals surface area contributed by atoms with Crippen molar-refractivity contribution in [2.45, 2.75) is 114 Å². The minimum Gasteiger partial charge on any atom is -0.472 e. The van der Waals surface area contributed by atoms with Crippen molar-refractivity contribution in [3.05, 3.63) is 54.8 Å². The molecule has 2 N–H and O–H groups in total. The van der Waals surface area contributed by atoms with Crippen LogP contribution in [0.15, 0.2) is 49.2 Å². The van der Waals surface area contributed by atoms with Crippen molar-refractivity contribution < 1.29 is 37.1 Å². The fourth-order valence-corrected chi connectivity index (χ4v) is 9.60. The summed E-state index contributed by atoms with van der Waals surface area (Å²) in [6.07, 6.45) is 12.0. The molecule has 284 valence electrons. The van der Waals surface area contributed by atoms with E-state index < -0.39 is 73.9 Å². The van der Waals surface area contributed by atoms with Gasteiger partial charge in [0.05, 0.1) is 24.1 Å². The van der Waals surface area contributed by atoms with Crippen molar-refractivity contribution in [2.24, 2.45) is 23.2 Å². The number of hydrogen-bond donors (Lipinski definition) is 2. The van der Waals surface area contributed by atoms with Gasteiger partial charge in [-0.1, -0.05) is 57.6 Å². The lowest BCUT2D eigenvalue weighted by molar-refractivity contribution is -0.160. The van der Waals surface area contributed by atoms with Crippen LogP contribution in [0, 0.1) is 23.2 Å². The highest BCUT2D eigenvalue weighted by molar-refractivity contribution is 7.91. The molecule has 13 heteroatoms. The predicted octanol–water partition coefficient (Wildman–Crippen LogP) is 4.82. The Hall–Kier alpha value is -4.26. The first-order valence-electron chi connectivity index (χ1n) is 18.9. The van der Waals surface area contributed by atoms with Gasteiger partial charge in [0.2, 0.25) is 27.7 Å². The van der Waals surface area contributed by atoms with Gasteiger partial charge in [-0.3, -0.25) is 23.9 Å². The molecule has 7 atom stereocenters. The first-order valence-corrected chi connectivity index (χ1v) is 20.5. The van der Waals surface area contributed by atoms with Crippen molar-refractivity contribution in [1.82, 2.24) is 19.9 Å². The molecule has 3 amide bonds. The molecule has 12 nitrogen and oxygen atoms in total. The zero-order valence-corrected chi connectivity index (χ0v) is 31.5. The van der Waals surface area contributed by atoms with Gasteiger partial charge in [-0.25, -0.2) is 13.4 Å². The van der Waals surface area contributed by atoms with Crippen LogP contribution >= 0.6 is 0 Å². The monoisotopic (exact) mass is 746 g/mol. The number of hydrogen-bond acceptors (Lipinski definition) is 9. The average molecular weight is 747 g/mol. The fraction of sp³-hybridized carbons (Fsp3) is 0.575. The van der Waals surface area contributed by atoms with Crippen LogP contribution in [0.4, 0.5) is 0 Å². The Kier molecular flexibility index (Phi) is 9.92. The lowest BCUT2D eigenvalue weighted by Crippen LogP contribution is -2.57. The van der Waals surface area contributed by atoms with Crippen LogP contribution in [0.3, 0.4) is 0 Å². The fourth-order valence-electron chi connectivity index (χ4n) is 8.23. The standard InChI is InChI=1S/C40H50N4O8S/c1-5-27-22-40(27,38(48)43-53(49,50)29-15-16-29)42-35(46)32-20-28-23-44(32)37(47)31(39(2,3)4)21-34(45)52-33-12-7-6-10-26(33)11-8-9-24-13-14-25-17-18-41-36(51-28)30(25)19-24/h5,8-9,13-14,17-19,26-29,31-33H,1,6-7,10-12,15-16,20-23H2,2-4H3,(H,42,46)(H,43,48)/b9-8+/t26-,27-,28-,31-,32+,33+,40-/m1/s1. The summed E-state index contributed by atoms with van der Waals surface area (Å²) in [6, 6.07) is 6.85. The minimum absolute atomic E-state index is 0.0288. The summed E-state index contributed by atoms with van der Waals surface area (Å²) in [5.41, 5.74) is -1.24. The summed E-state index contributed by atoms with van der Waals surface area (Å²) in [4.78, 5) is 62.2. The van der Waals surface area contributed by atoms with Crippen molar-refractivity contribution in [3.63, 3.8) is 0 Å². The summed E-state index contributed by atoms with van der Waals surface area (Å²) in [5.74, 6) is -3.07. The third-order valence-electron chi connectivity index (χ3n) is 11.7. The molecule has 3 aliphatic carbocycles. The summed E-state index contributed by atoms with van der Waals surface area (Å²) >= 11 is 0. The smallest absolute Gasteiger partial charge is 0.306 e. The lowest BCUT2D eigenvalue weighted by Gasteiger charge is -2.36. The molecule has 1 saturated heterocycles. The van der Waals surface area contributed by atoms with E-state index in [9.17, 15) is 27.6 Å². The molecule has 1 aromatic carbocycles. The van der Waals surface area contributed by atoms with Crippen LogP contribution in [0.2, 0.25) is 0 Å². The van der Waals surface area contributed by atoms with Crippen molar-refractivity contribution in [3.8, 4) is 5.88 Å². The summed E-state index contributed by atoms with van der Waals surface area (Å²) in [5, 5.41) is 3.93. The van der Waals surface area contributed by atoms with E-state index in [0.717, 1.165) is 48.4 Å². The highest BCUT2D eigenvalue weighted by atomic mass is 32.2. The van der Waals surface area contributed by atoms with Gasteiger partial charge in [-0.2, -0.15) is 0 Å². The molecular formula is C40H50N4O8S. The van der Waals surface area contributed by atoms with Crippen LogP contribution in [0.1, 0.15) is 90.5 Å². The molecule has 3 heterocycles. The number of allylic oxidation sites excluding steroid dienone is 1. The summed E-state index contributed by atoms with van der Waals surface area (Å²) in [7, 11) is -3.88. The molecule has 0 spiro atoms. The van der Waals surface area contributed by atoms with Gasteiger partial charge in [0.25, 0.3) is 5.91 Å². The molecule has 4 bridgehead atoms. The maximum atomic E-state index is 14.7. The molecule has 53 heavy (non-hydrogen) atoms. The zero-order valence-electron chi connectivity index (χ0n) is 30.7. The maximum absolute atomic E-state index is 14.7. The van der Waals surface area contributed by atoms with Crippen LogP contribution in [-0.2, 0) is 33.9 Å². The van der Waals surface area contributed by atoms with Crippen LogP contribution in [0.25, 0.3) is 16.8 Å². The van der Waals surface area contributed by atoms with E-state index in [4.69, 9.17) is 9.47 Å². The Balaban J connectivity index is 1.23. The number of pyridine rings is 1. The van der Waals surface area contributed by atoms with E-state index in [1.165, 1.54) is 11.0 Å².